The number of aromatic nitrogens is 2. The third-order valence-electron chi connectivity index (χ3n) is 4.45. The van der Waals surface area contributed by atoms with Crippen LogP contribution in [0.4, 0.5) is 0 Å². The van der Waals surface area contributed by atoms with Gasteiger partial charge in [-0.3, -0.25) is 9.48 Å². The Balaban J connectivity index is 1.62. The van der Waals surface area contributed by atoms with Crippen LogP contribution in [0.3, 0.4) is 0 Å². The molecule has 1 aromatic carbocycles. The zero-order valence-corrected chi connectivity index (χ0v) is 18.9. The van der Waals surface area contributed by atoms with Gasteiger partial charge in [0.1, 0.15) is 12.4 Å². The molecule has 0 bridgehead atoms. The largest absolute Gasteiger partial charge is 0.489 e. The second-order valence-electron chi connectivity index (χ2n) is 6.82. The number of hydrogen-bond acceptors (Lipinski definition) is 4. The monoisotopic (exact) mass is 461 g/mol. The number of nitrogens with zero attached hydrogens (tertiary/aromatic N) is 3. The highest BCUT2D eigenvalue weighted by atomic mass is 79.9. The molecule has 0 unspecified atom stereocenters. The van der Waals surface area contributed by atoms with Gasteiger partial charge in [-0.05, 0) is 65.3 Å². The number of carbonyl (C=O) groups excluding carboxylic acids is 1. The van der Waals surface area contributed by atoms with Crippen molar-refractivity contribution >= 4 is 33.2 Å². The Bertz CT molecular complexity index is 980. The summed E-state index contributed by atoms with van der Waals surface area (Å²) >= 11 is 4.96. The maximum atomic E-state index is 12.8. The summed E-state index contributed by atoms with van der Waals surface area (Å²) in [6.45, 7) is 7.81. The van der Waals surface area contributed by atoms with Crippen molar-refractivity contribution in [2.24, 2.45) is 0 Å². The van der Waals surface area contributed by atoms with Crippen molar-refractivity contribution in [2.75, 3.05) is 7.05 Å². The smallest absolute Gasteiger partial charge is 0.264 e. The number of hydrogen-bond donors (Lipinski definition) is 0. The molecule has 0 saturated carbocycles. The molecule has 0 aliphatic heterocycles. The lowest BCUT2D eigenvalue weighted by molar-refractivity contribution is 0.0787. The van der Waals surface area contributed by atoms with Crippen LogP contribution in [0.2, 0.25) is 0 Å². The van der Waals surface area contributed by atoms with Crippen LogP contribution in [-0.4, -0.2) is 27.6 Å². The highest BCUT2D eigenvalue weighted by Gasteiger charge is 2.17. The second-order valence-corrected chi connectivity index (χ2v) is 8.58. The first-order valence-electron chi connectivity index (χ1n) is 9.12. The number of carbonyl (C=O) groups is 1. The summed E-state index contributed by atoms with van der Waals surface area (Å²) in [5.74, 6) is 0.869. The number of amides is 1. The van der Waals surface area contributed by atoms with Crippen molar-refractivity contribution in [3.8, 4) is 5.75 Å². The zero-order valence-electron chi connectivity index (χ0n) is 16.5. The first kappa shape index (κ1) is 20.6. The van der Waals surface area contributed by atoms with Crippen LogP contribution in [0.25, 0.3) is 0 Å². The van der Waals surface area contributed by atoms with Gasteiger partial charge in [-0.2, -0.15) is 5.10 Å². The van der Waals surface area contributed by atoms with Gasteiger partial charge in [-0.15, -0.1) is 11.3 Å². The van der Waals surface area contributed by atoms with Gasteiger partial charge >= 0.3 is 0 Å². The normalized spacial score (nSPS) is 10.9. The average Bonchev–Trinajstić information content (AvgIpc) is 3.28. The van der Waals surface area contributed by atoms with E-state index in [2.05, 4.69) is 33.2 Å². The minimum Gasteiger partial charge on any atom is -0.489 e. The van der Waals surface area contributed by atoms with Crippen molar-refractivity contribution in [2.45, 2.75) is 40.5 Å². The van der Waals surface area contributed by atoms with E-state index in [-0.39, 0.29) is 5.91 Å². The van der Waals surface area contributed by atoms with Gasteiger partial charge in [0, 0.05) is 25.4 Å². The van der Waals surface area contributed by atoms with Gasteiger partial charge in [0.15, 0.2) is 0 Å². The Morgan fingerprint density at radius 1 is 1.32 bits per heavy atom. The minimum absolute atomic E-state index is 0.0130. The van der Waals surface area contributed by atoms with E-state index in [1.807, 2.05) is 49.2 Å². The van der Waals surface area contributed by atoms with Crippen LogP contribution < -0.4 is 4.74 Å². The fourth-order valence-electron chi connectivity index (χ4n) is 2.78. The van der Waals surface area contributed by atoms with Gasteiger partial charge in [0.05, 0.1) is 21.6 Å². The van der Waals surface area contributed by atoms with Crippen molar-refractivity contribution in [3.63, 3.8) is 0 Å². The van der Waals surface area contributed by atoms with Gasteiger partial charge in [-0.25, -0.2) is 0 Å². The molecule has 0 aliphatic rings. The van der Waals surface area contributed by atoms with Gasteiger partial charge in [0.25, 0.3) is 5.91 Å². The van der Waals surface area contributed by atoms with E-state index in [4.69, 9.17) is 4.74 Å². The van der Waals surface area contributed by atoms with E-state index in [0.29, 0.717) is 18.0 Å². The highest BCUT2D eigenvalue weighted by molar-refractivity contribution is 9.10. The Labute approximate surface area is 178 Å². The number of rotatable bonds is 7. The summed E-state index contributed by atoms with van der Waals surface area (Å²) < 4.78 is 8.72. The molecule has 3 aromatic rings. The molecule has 3 rings (SSSR count). The molecule has 0 saturated heterocycles. The van der Waals surface area contributed by atoms with Crippen LogP contribution in [0, 0.1) is 13.8 Å². The Morgan fingerprint density at radius 3 is 2.82 bits per heavy atom. The van der Waals surface area contributed by atoms with Gasteiger partial charge in [0.2, 0.25) is 0 Å². The molecule has 1 amide bonds. The Hall–Kier alpha value is -2.12. The Kier molecular flexibility index (Phi) is 6.57. The predicted octanol–water partition coefficient (Wildman–Crippen LogP) is 5.20. The third-order valence-corrected chi connectivity index (χ3v) is 6.08. The topological polar surface area (TPSA) is 47.4 Å². The molecule has 0 radical (unpaired) electrons. The van der Waals surface area contributed by atoms with Crippen molar-refractivity contribution in [1.29, 1.82) is 0 Å². The molecular formula is C21H24BrN3O2S. The average molecular weight is 462 g/mol. The number of benzene rings is 1. The summed E-state index contributed by atoms with van der Waals surface area (Å²) in [4.78, 5) is 15.2. The van der Waals surface area contributed by atoms with E-state index in [0.717, 1.165) is 33.6 Å². The fourth-order valence-corrected chi connectivity index (χ4v) is 4.11. The van der Waals surface area contributed by atoms with E-state index in [1.54, 1.807) is 11.9 Å². The standard InChI is InChI=1S/C21H24BrN3O2S/c1-5-25-10-17(22)18(23-25)11-24(4)21(26)20-9-16(13-28-20)12-27-19-8-14(2)6-7-15(19)3/h6-10,13H,5,11-12H2,1-4H3. The van der Waals surface area contributed by atoms with Crippen LogP contribution in [-0.2, 0) is 19.7 Å². The maximum Gasteiger partial charge on any atom is 0.264 e. The number of ether oxygens (including phenoxy) is 1. The van der Waals surface area contributed by atoms with Crippen molar-refractivity contribution < 1.29 is 9.53 Å². The molecule has 0 fully saturated rings. The maximum absolute atomic E-state index is 12.8. The molecule has 0 atom stereocenters. The number of halogens is 1. The fraction of sp³-hybridized carbons (Fsp3) is 0.333. The van der Waals surface area contributed by atoms with Crippen molar-refractivity contribution in [3.05, 3.63) is 67.6 Å². The quantitative estimate of drug-likeness (QED) is 0.485. The van der Waals surface area contributed by atoms with Crippen LogP contribution in [0.5, 0.6) is 5.75 Å². The molecule has 5 nitrogen and oxygen atoms in total. The molecule has 7 heteroatoms. The first-order valence-corrected chi connectivity index (χ1v) is 10.8. The number of aryl methyl sites for hydroxylation is 3. The second kappa shape index (κ2) is 8.92. The van der Waals surface area contributed by atoms with E-state index in [1.165, 1.54) is 16.9 Å². The summed E-state index contributed by atoms with van der Waals surface area (Å²) in [7, 11) is 1.80. The summed E-state index contributed by atoms with van der Waals surface area (Å²) in [6, 6.07) is 8.07. The molecule has 148 valence electrons. The number of thiophene rings is 1. The molecular weight excluding hydrogens is 438 g/mol. The van der Waals surface area contributed by atoms with E-state index in [9.17, 15) is 4.79 Å². The first-order chi connectivity index (χ1) is 13.4. The lowest BCUT2D eigenvalue weighted by atomic mass is 10.1. The minimum atomic E-state index is -0.0130. The molecule has 28 heavy (non-hydrogen) atoms. The SMILES string of the molecule is CCn1cc(Br)c(CN(C)C(=O)c2cc(COc3cc(C)ccc3C)cs2)n1. The van der Waals surface area contributed by atoms with E-state index < -0.39 is 0 Å². The zero-order chi connectivity index (χ0) is 20.3. The Morgan fingerprint density at radius 2 is 2.11 bits per heavy atom. The predicted molar refractivity (Wildman–Crippen MR) is 116 cm³/mol. The molecule has 0 spiro atoms. The summed E-state index contributed by atoms with van der Waals surface area (Å²) in [6.07, 6.45) is 1.93. The summed E-state index contributed by atoms with van der Waals surface area (Å²) in [5.41, 5.74) is 4.13. The molecule has 0 aliphatic carbocycles. The van der Waals surface area contributed by atoms with Crippen molar-refractivity contribution in [1.82, 2.24) is 14.7 Å². The highest BCUT2D eigenvalue weighted by Crippen LogP contribution is 2.23. The molecule has 0 N–H and O–H groups in total. The summed E-state index contributed by atoms with van der Waals surface area (Å²) in [5, 5.41) is 6.47. The molecule has 2 aromatic heterocycles. The van der Waals surface area contributed by atoms with Crippen LogP contribution >= 0.6 is 27.3 Å². The van der Waals surface area contributed by atoms with Crippen LogP contribution in [0.15, 0.2) is 40.3 Å². The van der Waals surface area contributed by atoms with Gasteiger partial charge < -0.3 is 9.64 Å². The van der Waals surface area contributed by atoms with E-state index >= 15 is 0 Å². The van der Waals surface area contributed by atoms with Gasteiger partial charge in [-0.1, -0.05) is 12.1 Å². The lowest BCUT2D eigenvalue weighted by Crippen LogP contribution is -2.25. The third kappa shape index (κ3) is 4.83. The molecule has 2 heterocycles. The lowest BCUT2D eigenvalue weighted by Gasteiger charge is -2.15. The van der Waals surface area contributed by atoms with Crippen LogP contribution in [0.1, 0.15) is 39.0 Å².